The summed E-state index contributed by atoms with van der Waals surface area (Å²) in [6.45, 7) is 1.01. The van der Waals surface area contributed by atoms with Crippen molar-refractivity contribution in [2.75, 3.05) is 18.0 Å². The number of nitrogens with one attached hydrogen (secondary N) is 1. The normalized spacial score (nSPS) is 17.5. The van der Waals surface area contributed by atoms with Gasteiger partial charge < -0.3 is 10.2 Å². The van der Waals surface area contributed by atoms with Crippen LogP contribution in [0.4, 0.5) is 13.9 Å². The van der Waals surface area contributed by atoms with Crippen molar-refractivity contribution in [2.24, 2.45) is 0 Å². The zero-order valence-electron chi connectivity index (χ0n) is 12.5. The quantitative estimate of drug-likeness (QED) is 0.912. The van der Waals surface area contributed by atoms with E-state index in [1.165, 1.54) is 29.5 Å². The van der Waals surface area contributed by atoms with Gasteiger partial charge in [0.2, 0.25) is 5.91 Å². The Bertz CT molecular complexity index is 658. The number of nitrogens with zero attached hydrogens (tertiary/aromatic N) is 2. The zero-order chi connectivity index (χ0) is 16.2. The molecule has 0 radical (unpaired) electrons. The molecule has 1 aliphatic rings. The first kappa shape index (κ1) is 15.9. The molecule has 1 amide bonds. The number of aromatic nitrogens is 1. The van der Waals surface area contributed by atoms with Crippen LogP contribution in [0.2, 0.25) is 0 Å². The first-order valence-corrected chi connectivity index (χ1v) is 8.41. The zero-order valence-corrected chi connectivity index (χ0v) is 13.3. The lowest BCUT2D eigenvalue weighted by molar-refractivity contribution is -0.122. The van der Waals surface area contributed by atoms with Crippen molar-refractivity contribution in [1.29, 1.82) is 0 Å². The third-order valence-corrected chi connectivity index (χ3v) is 4.76. The van der Waals surface area contributed by atoms with Crippen molar-refractivity contribution in [1.82, 2.24) is 10.3 Å². The van der Waals surface area contributed by atoms with Crippen LogP contribution in [0, 0.1) is 11.6 Å². The van der Waals surface area contributed by atoms with Gasteiger partial charge in [-0.3, -0.25) is 4.79 Å². The SMILES string of the molecule is O=C(NCCc1c(F)cccc1F)[C@@H]1CCCN1c1nccs1. The van der Waals surface area contributed by atoms with E-state index in [4.69, 9.17) is 0 Å². The van der Waals surface area contributed by atoms with E-state index in [1.807, 2.05) is 10.3 Å². The molecule has 1 fully saturated rings. The van der Waals surface area contributed by atoms with E-state index < -0.39 is 11.6 Å². The molecule has 7 heteroatoms. The maximum Gasteiger partial charge on any atom is 0.242 e. The van der Waals surface area contributed by atoms with E-state index in [0.717, 1.165) is 24.5 Å². The van der Waals surface area contributed by atoms with E-state index in [0.29, 0.717) is 0 Å². The number of carbonyl (C=O) groups is 1. The molecule has 23 heavy (non-hydrogen) atoms. The van der Waals surface area contributed by atoms with Gasteiger partial charge in [-0.2, -0.15) is 0 Å². The summed E-state index contributed by atoms with van der Waals surface area (Å²) in [4.78, 5) is 18.6. The molecule has 1 atom stereocenters. The highest BCUT2D eigenvalue weighted by atomic mass is 32.1. The van der Waals surface area contributed by atoms with E-state index in [-0.39, 0.29) is 30.5 Å². The number of amides is 1. The Labute approximate surface area is 137 Å². The van der Waals surface area contributed by atoms with Crippen molar-refractivity contribution in [2.45, 2.75) is 25.3 Å². The van der Waals surface area contributed by atoms with Gasteiger partial charge in [0.05, 0.1) is 0 Å². The van der Waals surface area contributed by atoms with Gasteiger partial charge in [0.25, 0.3) is 0 Å². The van der Waals surface area contributed by atoms with Gasteiger partial charge in [-0.15, -0.1) is 11.3 Å². The van der Waals surface area contributed by atoms with Gasteiger partial charge in [-0.25, -0.2) is 13.8 Å². The van der Waals surface area contributed by atoms with Gasteiger partial charge in [0.15, 0.2) is 5.13 Å². The fourth-order valence-corrected chi connectivity index (χ4v) is 3.54. The summed E-state index contributed by atoms with van der Waals surface area (Å²) in [6, 6.07) is 3.52. The summed E-state index contributed by atoms with van der Waals surface area (Å²) < 4.78 is 27.1. The fourth-order valence-electron chi connectivity index (χ4n) is 2.83. The fraction of sp³-hybridized carbons (Fsp3) is 0.375. The Morgan fingerprint density at radius 3 is 2.87 bits per heavy atom. The van der Waals surface area contributed by atoms with Crippen molar-refractivity contribution in [3.8, 4) is 0 Å². The van der Waals surface area contributed by atoms with Crippen LogP contribution in [0.3, 0.4) is 0 Å². The molecule has 0 unspecified atom stereocenters. The van der Waals surface area contributed by atoms with Gasteiger partial charge >= 0.3 is 0 Å². The molecule has 1 saturated heterocycles. The van der Waals surface area contributed by atoms with Crippen LogP contribution in [0.15, 0.2) is 29.8 Å². The first-order chi connectivity index (χ1) is 11.2. The van der Waals surface area contributed by atoms with Crippen LogP contribution in [-0.4, -0.2) is 30.0 Å². The maximum absolute atomic E-state index is 13.6. The Morgan fingerprint density at radius 1 is 1.39 bits per heavy atom. The molecular formula is C16H17F2N3OS. The van der Waals surface area contributed by atoms with Crippen LogP contribution < -0.4 is 10.2 Å². The summed E-state index contributed by atoms with van der Waals surface area (Å²) >= 11 is 1.50. The average Bonchev–Trinajstić information content (AvgIpc) is 3.20. The second kappa shape index (κ2) is 7.04. The molecule has 0 saturated carbocycles. The summed E-state index contributed by atoms with van der Waals surface area (Å²) in [6.07, 6.45) is 3.54. The van der Waals surface area contributed by atoms with Gasteiger partial charge in [-0.05, 0) is 31.4 Å². The van der Waals surface area contributed by atoms with Crippen LogP contribution in [0.1, 0.15) is 18.4 Å². The highest BCUT2D eigenvalue weighted by Crippen LogP contribution is 2.27. The van der Waals surface area contributed by atoms with Gasteiger partial charge in [0, 0.05) is 30.2 Å². The lowest BCUT2D eigenvalue weighted by atomic mass is 10.1. The third-order valence-electron chi connectivity index (χ3n) is 3.96. The molecule has 122 valence electrons. The minimum atomic E-state index is -0.579. The predicted octanol–water partition coefficient (Wildman–Crippen LogP) is 2.75. The second-order valence-corrected chi connectivity index (χ2v) is 6.28. The summed E-state index contributed by atoms with van der Waals surface area (Å²) in [5.74, 6) is -1.27. The topological polar surface area (TPSA) is 45.2 Å². The molecule has 1 aliphatic heterocycles. The van der Waals surface area contributed by atoms with Crippen molar-refractivity contribution in [3.05, 3.63) is 47.0 Å². The third kappa shape index (κ3) is 3.50. The van der Waals surface area contributed by atoms with Gasteiger partial charge in [0.1, 0.15) is 17.7 Å². The molecule has 0 spiro atoms. The smallest absolute Gasteiger partial charge is 0.242 e. The Hall–Kier alpha value is -2.02. The maximum atomic E-state index is 13.6. The molecule has 4 nitrogen and oxygen atoms in total. The molecule has 0 bridgehead atoms. The average molecular weight is 337 g/mol. The molecule has 2 heterocycles. The molecule has 2 aromatic rings. The van der Waals surface area contributed by atoms with Crippen LogP contribution in [0.25, 0.3) is 0 Å². The number of halogens is 2. The number of thiazole rings is 1. The van der Waals surface area contributed by atoms with E-state index >= 15 is 0 Å². The van der Waals surface area contributed by atoms with Gasteiger partial charge in [-0.1, -0.05) is 6.07 Å². The van der Waals surface area contributed by atoms with Crippen molar-refractivity contribution in [3.63, 3.8) is 0 Å². The predicted molar refractivity (Wildman–Crippen MR) is 85.6 cm³/mol. The minimum absolute atomic E-state index is 0.0102. The lowest BCUT2D eigenvalue weighted by Gasteiger charge is -2.23. The van der Waals surface area contributed by atoms with E-state index in [9.17, 15) is 13.6 Å². The first-order valence-electron chi connectivity index (χ1n) is 7.53. The van der Waals surface area contributed by atoms with E-state index in [1.54, 1.807) is 6.20 Å². The van der Waals surface area contributed by atoms with E-state index in [2.05, 4.69) is 10.3 Å². The summed E-state index contributed by atoms with van der Waals surface area (Å²) in [5.41, 5.74) is 0.0102. The number of anilines is 1. The monoisotopic (exact) mass is 337 g/mol. The van der Waals surface area contributed by atoms with Crippen LogP contribution in [0.5, 0.6) is 0 Å². The molecule has 3 rings (SSSR count). The van der Waals surface area contributed by atoms with Crippen molar-refractivity contribution >= 4 is 22.4 Å². The van der Waals surface area contributed by atoms with Crippen LogP contribution in [-0.2, 0) is 11.2 Å². The Morgan fingerprint density at radius 2 is 2.17 bits per heavy atom. The standard InChI is InChI=1S/C16H17F2N3OS/c17-12-3-1-4-13(18)11(12)6-7-19-15(22)14-5-2-9-21(14)16-20-8-10-23-16/h1,3-4,8,10,14H,2,5-7,9H2,(H,19,22)/t14-/m0/s1. The number of hydrogen-bond acceptors (Lipinski definition) is 4. The van der Waals surface area contributed by atoms with Crippen LogP contribution >= 0.6 is 11.3 Å². The molecular weight excluding hydrogens is 320 g/mol. The molecule has 1 aromatic heterocycles. The molecule has 1 N–H and O–H groups in total. The minimum Gasteiger partial charge on any atom is -0.354 e. The summed E-state index contributed by atoms with van der Waals surface area (Å²) in [5, 5.41) is 5.50. The Kier molecular flexibility index (Phi) is 4.85. The lowest BCUT2D eigenvalue weighted by Crippen LogP contribution is -2.44. The molecule has 0 aliphatic carbocycles. The summed E-state index contributed by atoms with van der Waals surface area (Å²) in [7, 11) is 0. The highest BCUT2D eigenvalue weighted by Gasteiger charge is 2.31. The Balaban J connectivity index is 1.57. The number of carbonyl (C=O) groups excluding carboxylic acids is 1. The largest absolute Gasteiger partial charge is 0.354 e. The highest BCUT2D eigenvalue weighted by molar-refractivity contribution is 7.13. The number of benzene rings is 1. The number of hydrogen-bond donors (Lipinski definition) is 1. The van der Waals surface area contributed by atoms with Crippen molar-refractivity contribution < 1.29 is 13.6 Å². The number of rotatable bonds is 5. The second-order valence-electron chi connectivity index (χ2n) is 5.41. The molecule has 1 aromatic carbocycles.